The zero-order valence-electron chi connectivity index (χ0n) is 18.2. The van der Waals surface area contributed by atoms with Crippen LogP contribution in [0.1, 0.15) is 28.4 Å². The van der Waals surface area contributed by atoms with Crippen molar-refractivity contribution in [2.24, 2.45) is 0 Å². The number of hydrogen-bond donors (Lipinski definition) is 0. The van der Waals surface area contributed by atoms with E-state index in [1.54, 1.807) is 30.3 Å². The normalized spacial score (nSPS) is 10.4. The fourth-order valence-electron chi connectivity index (χ4n) is 2.93. The van der Waals surface area contributed by atoms with Gasteiger partial charge in [-0.3, -0.25) is 0 Å². The average molecular weight is 466 g/mol. The van der Waals surface area contributed by atoms with Crippen molar-refractivity contribution in [2.75, 3.05) is 0 Å². The maximum atomic E-state index is 14.5. The SMILES string of the molecule is C=CC(=O)OCc1ccc2cc(OC(=O)c3ccc(COC(=O)C(=C)C)c(F)c3F)ccc2c1. The highest BCUT2D eigenvalue weighted by Gasteiger charge is 2.21. The highest BCUT2D eigenvalue weighted by atomic mass is 19.2. The quantitative estimate of drug-likeness (QED) is 0.258. The van der Waals surface area contributed by atoms with Gasteiger partial charge in [-0.1, -0.05) is 37.4 Å². The van der Waals surface area contributed by atoms with Crippen LogP contribution in [0.2, 0.25) is 0 Å². The van der Waals surface area contributed by atoms with Crippen molar-refractivity contribution in [3.8, 4) is 5.75 Å². The summed E-state index contributed by atoms with van der Waals surface area (Å²) in [5.41, 5.74) is 0.0266. The lowest BCUT2D eigenvalue weighted by molar-refractivity contribution is -0.140. The minimum absolute atomic E-state index is 0.0742. The van der Waals surface area contributed by atoms with E-state index in [1.807, 2.05) is 0 Å². The number of hydrogen-bond acceptors (Lipinski definition) is 6. The van der Waals surface area contributed by atoms with E-state index in [9.17, 15) is 23.2 Å². The maximum Gasteiger partial charge on any atom is 0.346 e. The number of rotatable bonds is 8. The summed E-state index contributed by atoms with van der Waals surface area (Å²) in [7, 11) is 0. The van der Waals surface area contributed by atoms with Gasteiger partial charge in [0.2, 0.25) is 0 Å². The third kappa shape index (κ3) is 5.72. The van der Waals surface area contributed by atoms with Crippen LogP contribution in [0.3, 0.4) is 0 Å². The van der Waals surface area contributed by atoms with Crippen LogP contribution in [-0.2, 0) is 32.3 Å². The molecule has 0 saturated carbocycles. The van der Waals surface area contributed by atoms with E-state index in [0.717, 1.165) is 29.2 Å². The van der Waals surface area contributed by atoms with Gasteiger partial charge in [-0.25, -0.2) is 23.2 Å². The Morgan fingerprint density at radius 2 is 1.62 bits per heavy atom. The van der Waals surface area contributed by atoms with Crippen LogP contribution < -0.4 is 4.74 Å². The molecule has 6 nitrogen and oxygen atoms in total. The topological polar surface area (TPSA) is 78.9 Å². The second kappa shape index (κ2) is 10.5. The number of carbonyl (C=O) groups excluding carboxylic acids is 3. The van der Waals surface area contributed by atoms with Crippen molar-refractivity contribution in [3.05, 3.63) is 102 Å². The molecule has 0 fully saturated rings. The van der Waals surface area contributed by atoms with E-state index in [-0.39, 0.29) is 23.5 Å². The van der Waals surface area contributed by atoms with Gasteiger partial charge in [0.1, 0.15) is 19.0 Å². The molecule has 8 heteroatoms. The zero-order valence-corrected chi connectivity index (χ0v) is 18.2. The van der Waals surface area contributed by atoms with Gasteiger partial charge in [0, 0.05) is 17.2 Å². The van der Waals surface area contributed by atoms with Crippen LogP contribution in [-0.4, -0.2) is 17.9 Å². The Balaban J connectivity index is 1.73. The zero-order chi connectivity index (χ0) is 24.8. The lowest BCUT2D eigenvalue weighted by Gasteiger charge is -2.10. The lowest BCUT2D eigenvalue weighted by atomic mass is 10.1. The molecule has 0 radical (unpaired) electrons. The van der Waals surface area contributed by atoms with Crippen LogP contribution in [0.15, 0.2) is 73.3 Å². The van der Waals surface area contributed by atoms with E-state index >= 15 is 0 Å². The van der Waals surface area contributed by atoms with Gasteiger partial charge >= 0.3 is 17.9 Å². The summed E-state index contributed by atoms with van der Waals surface area (Å²) in [4.78, 5) is 35.1. The molecule has 0 amide bonds. The van der Waals surface area contributed by atoms with Crippen molar-refractivity contribution in [3.63, 3.8) is 0 Å². The van der Waals surface area contributed by atoms with Crippen molar-refractivity contribution in [1.29, 1.82) is 0 Å². The number of esters is 3. The summed E-state index contributed by atoms with van der Waals surface area (Å²) in [6.07, 6.45) is 1.07. The van der Waals surface area contributed by atoms with E-state index in [1.165, 1.54) is 13.0 Å². The molecular weight excluding hydrogens is 446 g/mol. The second-order valence-corrected chi connectivity index (χ2v) is 7.30. The number of benzene rings is 3. The minimum Gasteiger partial charge on any atom is -0.458 e. The molecule has 3 aromatic rings. The van der Waals surface area contributed by atoms with E-state index in [2.05, 4.69) is 13.2 Å². The molecule has 174 valence electrons. The number of carbonyl (C=O) groups is 3. The first kappa shape index (κ1) is 24.3. The molecule has 3 rings (SSSR count). The smallest absolute Gasteiger partial charge is 0.346 e. The highest BCUT2D eigenvalue weighted by molar-refractivity contribution is 5.92. The van der Waals surface area contributed by atoms with Gasteiger partial charge in [-0.2, -0.15) is 0 Å². The van der Waals surface area contributed by atoms with Gasteiger partial charge < -0.3 is 14.2 Å². The summed E-state index contributed by atoms with van der Waals surface area (Å²) in [5.74, 6) is -4.96. The predicted octanol–water partition coefficient (Wildman–Crippen LogP) is 5.19. The molecule has 0 atom stereocenters. The molecule has 0 saturated heterocycles. The highest BCUT2D eigenvalue weighted by Crippen LogP contribution is 2.25. The Hall–Kier alpha value is -4.33. The predicted molar refractivity (Wildman–Crippen MR) is 120 cm³/mol. The molecule has 0 aliphatic carbocycles. The molecule has 0 aliphatic heterocycles. The first-order chi connectivity index (χ1) is 16.2. The fourth-order valence-corrected chi connectivity index (χ4v) is 2.93. The van der Waals surface area contributed by atoms with E-state index in [4.69, 9.17) is 14.2 Å². The van der Waals surface area contributed by atoms with Gasteiger partial charge in [-0.15, -0.1) is 0 Å². The Kier molecular flexibility index (Phi) is 7.53. The Bertz CT molecular complexity index is 1310. The molecule has 0 bridgehead atoms. The van der Waals surface area contributed by atoms with Crippen LogP contribution >= 0.6 is 0 Å². The third-order valence-electron chi connectivity index (χ3n) is 4.72. The summed E-state index contributed by atoms with van der Waals surface area (Å²) >= 11 is 0. The van der Waals surface area contributed by atoms with Gasteiger partial charge in [-0.05, 0) is 47.5 Å². The number of fused-ring (bicyclic) bond motifs is 1. The fraction of sp³-hybridized carbons (Fsp3) is 0.115. The standard InChI is InChI=1S/C26H20F2O6/c1-4-22(29)32-13-16-5-6-18-12-20(9-7-17(18)11-16)34-26(31)21-10-8-19(23(27)24(21)28)14-33-25(30)15(2)3/h4-12H,1-2,13-14H2,3H3. The minimum atomic E-state index is -1.41. The van der Waals surface area contributed by atoms with Crippen molar-refractivity contribution >= 4 is 28.7 Å². The lowest BCUT2D eigenvalue weighted by Crippen LogP contribution is -2.13. The maximum absolute atomic E-state index is 14.5. The Morgan fingerprint density at radius 3 is 2.32 bits per heavy atom. The molecule has 34 heavy (non-hydrogen) atoms. The molecule has 0 heterocycles. The Labute approximate surface area is 194 Å². The second-order valence-electron chi connectivity index (χ2n) is 7.30. The summed E-state index contributed by atoms with van der Waals surface area (Å²) in [6.45, 7) is 7.72. The first-order valence-corrected chi connectivity index (χ1v) is 10.0. The van der Waals surface area contributed by atoms with Crippen LogP contribution in [0, 0.1) is 11.6 Å². The summed E-state index contributed by atoms with van der Waals surface area (Å²) in [6, 6.07) is 12.2. The molecule has 0 N–H and O–H groups in total. The van der Waals surface area contributed by atoms with Crippen molar-refractivity contribution in [1.82, 2.24) is 0 Å². The molecule has 0 aliphatic rings. The summed E-state index contributed by atoms with van der Waals surface area (Å²) in [5, 5.41) is 1.50. The molecule has 0 aromatic heterocycles. The largest absolute Gasteiger partial charge is 0.458 e. The molecule has 3 aromatic carbocycles. The van der Waals surface area contributed by atoms with Gasteiger partial charge in [0.25, 0.3) is 0 Å². The van der Waals surface area contributed by atoms with E-state index < -0.39 is 41.7 Å². The molecule has 0 unspecified atom stereocenters. The van der Waals surface area contributed by atoms with Crippen molar-refractivity contribution in [2.45, 2.75) is 20.1 Å². The van der Waals surface area contributed by atoms with Crippen LogP contribution in [0.5, 0.6) is 5.75 Å². The van der Waals surface area contributed by atoms with Crippen LogP contribution in [0.4, 0.5) is 8.78 Å². The van der Waals surface area contributed by atoms with Crippen molar-refractivity contribution < 1.29 is 37.4 Å². The average Bonchev–Trinajstić information content (AvgIpc) is 2.82. The van der Waals surface area contributed by atoms with E-state index in [0.29, 0.717) is 5.39 Å². The van der Waals surface area contributed by atoms with Gasteiger partial charge in [0.05, 0.1) is 5.56 Å². The monoisotopic (exact) mass is 466 g/mol. The van der Waals surface area contributed by atoms with Gasteiger partial charge in [0.15, 0.2) is 11.6 Å². The summed E-state index contributed by atoms with van der Waals surface area (Å²) < 4.78 is 43.9. The third-order valence-corrected chi connectivity index (χ3v) is 4.72. The van der Waals surface area contributed by atoms with Crippen LogP contribution in [0.25, 0.3) is 10.8 Å². The molecular formula is C26H20F2O6. The Morgan fingerprint density at radius 1 is 0.912 bits per heavy atom. The number of ether oxygens (including phenoxy) is 3. The molecule has 0 spiro atoms. The first-order valence-electron chi connectivity index (χ1n) is 10.0. The number of halogens is 2.